The number of hydrogen-bond acceptors (Lipinski definition) is 5. The van der Waals surface area contributed by atoms with Crippen molar-refractivity contribution in [2.75, 3.05) is 11.3 Å². The summed E-state index contributed by atoms with van der Waals surface area (Å²) < 4.78 is 46.3. The average molecular weight is 413 g/mol. The van der Waals surface area contributed by atoms with Crippen LogP contribution in [0.15, 0.2) is 18.2 Å². The van der Waals surface area contributed by atoms with E-state index in [9.17, 15) is 8.78 Å². The third kappa shape index (κ3) is 5.13. The molecule has 0 amide bonds. The first kappa shape index (κ1) is 21.7. The van der Waals surface area contributed by atoms with Crippen molar-refractivity contribution < 1.29 is 22.8 Å². The van der Waals surface area contributed by atoms with Crippen LogP contribution in [0.2, 0.25) is 0 Å². The van der Waals surface area contributed by atoms with Gasteiger partial charge in [0.25, 0.3) is 0 Å². The van der Waals surface area contributed by atoms with Gasteiger partial charge in [-0.1, -0.05) is 25.3 Å². The molecule has 8 heteroatoms. The first-order chi connectivity index (χ1) is 13.2. The molecule has 28 heavy (non-hydrogen) atoms. The third-order valence-electron chi connectivity index (χ3n) is 5.99. The van der Waals surface area contributed by atoms with Crippen LogP contribution in [0.5, 0.6) is 5.75 Å². The summed E-state index contributed by atoms with van der Waals surface area (Å²) in [5, 5.41) is 0. The van der Waals surface area contributed by atoms with Gasteiger partial charge >= 0.3 is 12.9 Å². The minimum Gasteiger partial charge on any atom is -0.491 e. The first-order valence-corrected chi connectivity index (χ1v) is 10.9. The summed E-state index contributed by atoms with van der Waals surface area (Å²) >= 11 is 0.372. The standard InChI is InChI=1S/C20H30BF2NO3S/c1-19(2)20(3,4)27-21(26-19)15-10-11-16(24-28-18(22)23)17(12-15)25-13-14-8-6-5-7-9-14/h10-12,14,18,24H,5-9,13H2,1-4H3. The molecule has 1 aliphatic carbocycles. The fourth-order valence-electron chi connectivity index (χ4n) is 3.54. The predicted octanol–water partition coefficient (Wildman–Crippen LogP) is 5.23. The predicted molar refractivity (Wildman–Crippen MR) is 111 cm³/mol. The Morgan fingerprint density at radius 1 is 1.14 bits per heavy atom. The van der Waals surface area contributed by atoms with Gasteiger partial charge in [0.05, 0.1) is 23.5 Å². The zero-order valence-corrected chi connectivity index (χ0v) is 17.9. The Kier molecular flexibility index (Phi) is 6.82. The molecule has 3 rings (SSSR count). The summed E-state index contributed by atoms with van der Waals surface area (Å²) in [5.41, 5.74) is 0.484. The molecule has 0 bridgehead atoms. The van der Waals surface area contributed by atoms with Gasteiger partial charge in [-0.2, -0.15) is 8.78 Å². The molecule has 0 spiro atoms. The molecule has 1 aromatic carbocycles. The first-order valence-electron chi connectivity index (χ1n) is 10.0. The van der Waals surface area contributed by atoms with E-state index in [2.05, 4.69) is 4.72 Å². The SMILES string of the molecule is CC1(C)OB(c2ccc(NSC(F)F)c(OCC3CCCCC3)c2)OC1(C)C. The third-order valence-corrected chi connectivity index (χ3v) is 6.50. The molecular formula is C20H30BF2NO3S. The quantitative estimate of drug-likeness (QED) is 0.490. The van der Waals surface area contributed by atoms with Crippen molar-refractivity contribution in [2.45, 2.75) is 76.8 Å². The molecule has 156 valence electrons. The number of nitrogens with one attached hydrogen (secondary N) is 1. The van der Waals surface area contributed by atoms with Crippen LogP contribution in [-0.2, 0) is 9.31 Å². The lowest BCUT2D eigenvalue weighted by Gasteiger charge is -2.32. The normalized spacial score (nSPS) is 21.9. The van der Waals surface area contributed by atoms with E-state index in [0.29, 0.717) is 35.9 Å². The van der Waals surface area contributed by atoms with E-state index in [1.165, 1.54) is 19.3 Å². The second-order valence-corrected chi connectivity index (χ2v) is 9.44. The number of ether oxygens (including phenoxy) is 1. The molecule has 0 atom stereocenters. The number of benzene rings is 1. The van der Waals surface area contributed by atoms with Crippen molar-refractivity contribution in [2.24, 2.45) is 5.92 Å². The Balaban J connectivity index is 1.76. The van der Waals surface area contributed by atoms with E-state index < -0.39 is 24.1 Å². The number of halogens is 2. The number of rotatable bonds is 7. The summed E-state index contributed by atoms with van der Waals surface area (Å²) in [6, 6.07) is 5.44. The molecule has 1 saturated carbocycles. The molecule has 2 aliphatic rings. The van der Waals surface area contributed by atoms with E-state index in [1.54, 1.807) is 6.07 Å². The molecule has 4 nitrogen and oxygen atoms in total. The Morgan fingerprint density at radius 2 is 1.79 bits per heavy atom. The lowest BCUT2D eigenvalue weighted by atomic mass is 9.79. The topological polar surface area (TPSA) is 39.7 Å². The Morgan fingerprint density at radius 3 is 2.39 bits per heavy atom. The number of anilines is 1. The van der Waals surface area contributed by atoms with E-state index >= 15 is 0 Å². The van der Waals surface area contributed by atoms with Gasteiger partial charge in [0, 0.05) is 11.9 Å². The van der Waals surface area contributed by atoms with Crippen molar-refractivity contribution >= 4 is 30.2 Å². The molecule has 2 fully saturated rings. The van der Waals surface area contributed by atoms with E-state index in [0.717, 1.165) is 18.3 Å². The van der Waals surface area contributed by atoms with Crippen molar-refractivity contribution in [1.82, 2.24) is 0 Å². The van der Waals surface area contributed by atoms with Crippen LogP contribution in [0, 0.1) is 5.92 Å². The Hall–Kier alpha value is -0.985. The van der Waals surface area contributed by atoms with Crippen molar-refractivity contribution in [3.8, 4) is 5.75 Å². The zero-order valence-electron chi connectivity index (χ0n) is 17.1. The molecular weight excluding hydrogens is 383 g/mol. The van der Waals surface area contributed by atoms with Crippen molar-refractivity contribution in [1.29, 1.82) is 0 Å². The highest BCUT2D eigenvalue weighted by atomic mass is 32.2. The highest BCUT2D eigenvalue weighted by molar-refractivity contribution is 8.00. The van der Waals surface area contributed by atoms with Gasteiger partial charge < -0.3 is 18.8 Å². The van der Waals surface area contributed by atoms with Crippen LogP contribution in [-0.4, -0.2) is 30.7 Å². The van der Waals surface area contributed by atoms with Crippen LogP contribution in [0.3, 0.4) is 0 Å². The largest absolute Gasteiger partial charge is 0.494 e. The van der Waals surface area contributed by atoms with Gasteiger partial charge in [0.1, 0.15) is 5.75 Å². The maximum absolute atomic E-state index is 12.6. The number of hydrogen-bond donors (Lipinski definition) is 1. The molecule has 0 radical (unpaired) electrons. The lowest BCUT2D eigenvalue weighted by Crippen LogP contribution is -2.41. The summed E-state index contributed by atoms with van der Waals surface area (Å²) in [6.45, 7) is 8.61. The molecule has 1 heterocycles. The van der Waals surface area contributed by atoms with Crippen LogP contribution < -0.4 is 14.9 Å². The molecule has 1 N–H and O–H groups in total. The summed E-state index contributed by atoms with van der Waals surface area (Å²) in [4.78, 5) is 0. The zero-order chi connectivity index (χ0) is 20.4. The smallest absolute Gasteiger partial charge is 0.491 e. The van der Waals surface area contributed by atoms with Gasteiger partial charge in [-0.05, 0) is 64.1 Å². The lowest BCUT2D eigenvalue weighted by molar-refractivity contribution is 0.00578. The minimum absolute atomic E-state index is 0.372. The summed E-state index contributed by atoms with van der Waals surface area (Å²) in [7, 11) is -0.515. The van der Waals surface area contributed by atoms with Crippen LogP contribution in [0.1, 0.15) is 59.8 Å². The van der Waals surface area contributed by atoms with Crippen molar-refractivity contribution in [3.63, 3.8) is 0 Å². The van der Waals surface area contributed by atoms with Gasteiger partial charge in [-0.3, -0.25) is 0 Å². The van der Waals surface area contributed by atoms with E-state index in [-0.39, 0.29) is 0 Å². The monoisotopic (exact) mass is 413 g/mol. The Labute approximate surface area is 171 Å². The van der Waals surface area contributed by atoms with Crippen LogP contribution >= 0.6 is 11.9 Å². The van der Waals surface area contributed by atoms with Crippen LogP contribution in [0.4, 0.5) is 14.5 Å². The highest BCUT2D eigenvalue weighted by Gasteiger charge is 2.51. The maximum Gasteiger partial charge on any atom is 0.494 e. The fourth-order valence-corrected chi connectivity index (χ4v) is 3.92. The second-order valence-electron chi connectivity index (χ2n) is 8.64. The highest BCUT2D eigenvalue weighted by Crippen LogP contribution is 2.37. The maximum atomic E-state index is 12.6. The summed E-state index contributed by atoms with van der Waals surface area (Å²) in [6.07, 6.45) is 6.06. The van der Waals surface area contributed by atoms with Crippen LogP contribution in [0.25, 0.3) is 0 Å². The Bertz CT molecular complexity index is 653. The minimum atomic E-state index is -2.51. The average Bonchev–Trinajstić information content (AvgIpc) is 2.87. The van der Waals surface area contributed by atoms with Gasteiger partial charge in [-0.25, -0.2) is 0 Å². The van der Waals surface area contributed by atoms with Gasteiger partial charge in [-0.15, -0.1) is 0 Å². The molecule has 0 aromatic heterocycles. The molecule has 0 unspecified atom stereocenters. The van der Waals surface area contributed by atoms with E-state index in [4.69, 9.17) is 14.0 Å². The molecule has 1 aromatic rings. The summed E-state index contributed by atoms with van der Waals surface area (Å²) in [5.74, 6) is -1.43. The van der Waals surface area contributed by atoms with Gasteiger partial charge in [0.15, 0.2) is 0 Å². The molecule has 1 saturated heterocycles. The number of alkyl halides is 2. The fraction of sp³-hybridized carbons (Fsp3) is 0.700. The van der Waals surface area contributed by atoms with E-state index in [1.807, 2.05) is 39.8 Å². The van der Waals surface area contributed by atoms with Gasteiger partial charge in [0.2, 0.25) is 0 Å². The van der Waals surface area contributed by atoms with Crippen molar-refractivity contribution in [3.05, 3.63) is 18.2 Å². The second kappa shape index (κ2) is 8.80. The molecule has 1 aliphatic heterocycles.